The average molecular weight is 325 g/mol. The van der Waals surface area contributed by atoms with Gasteiger partial charge >= 0.3 is 6.18 Å². The number of aryl methyl sites for hydroxylation is 1. The van der Waals surface area contributed by atoms with E-state index in [2.05, 4.69) is 5.16 Å². The van der Waals surface area contributed by atoms with Gasteiger partial charge in [-0.15, -0.1) is 0 Å². The molecule has 0 saturated carbocycles. The minimum Gasteiger partial charge on any atom is -0.357 e. The number of oxime groups is 1. The standard InChI is InChI=1S/C17H15F4NO/c1-3-16(22-23-13-7-5-12(18)6-8-13)14-9-4-11(2)10-15(14)17(19,20)21/h4-10H,3H2,1-2H3/b22-16-. The molecule has 0 radical (unpaired) electrons. The monoisotopic (exact) mass is 325 g/mol. The Balaban J connectivity index is 2.37. The zero-order valence-corrected chi connectivity index (χ0v) is 12.6. The van der Waals surface area contributed by atoms with E-state index in [0.717, 1.165) is 6.07 Å². The highest BCUT2D eigenvalue weighted by molar-refractivity contribution is 6.01. The fourth-order valence-electron chi connectivity index (χ4n) is 2.05. The Labute approximate surface area is 131 Å². The second kappa shape index (κ2) is 6.81. The van der Waals surface area contributed by atoms with Gasteiger partial charge in [0, 0.05) is 5.56 Å². The number of alkyl halides is 3. The molecular weight excluding hydrogens is 310 g/mol. The molecule has 0 heterocycles. The van der Waals surface area contributed by atoms with Crippen LogP contribution in [0.1, 0.15) is 30.0 Å². The van der Waals surface area contributed by atoms with Crippen molar-refractivity contribution in [3.05, 3.63) is 65.0 Å². The third kappa shape index (κ3) is 4.31. The van der Waals surface area contributed by atoms with E-state index in [1.54, 1.807) is 19.9 Å². The van der Waals surface area contributed by atoms with Crippen LogP contribution in [0.3, 0.4) is 0 Å². The number of rotatable bonds is 4. The summed E-state index contributed by atoms with van der Waals surface area (Å²) in [7, 11) is 0. The maximum Gasteiger partial charge on any atom is 0.417 e. The van der Waals surface area contributed by atoms with Gasteiger partial charge in [0.1, 0.15) is 5.82 Å². The molecule has 0 fully saturated rings. The first-order chi connectivity index (χ1) is 10.8. The van der Waals surface area contributed by atoms with Crippen LogP contribution in [0.25, 0.3) is 0 Å². The summed E-state index contributed by atoms with van der Waals surface area (Å²) >= 11 is 0. The number of benzene rings is 2. The lowest BCUT2D eigenvalue weighted by Gasteiger charge is -2.14. The van der Waals surface area contributed by atoms with E-state index in [-0.39, 0.29) is 23.4 Å². The topological polar surface area (TPSA) is 21.6 Å². The Kier molecular flexibility index (Phi) is 5.03. The molecule has 0 N–H and O–H groups in total. The summed E-state index contributed by atoms with van der Waals surface area (Å²) in [5.41, 5.74) is -0.0915. The zero-order chi connectivity index (χ0) is 17.0. The minimum absolute atomic E-state index is 0.0206. The van der Waals surface area contributed by atoms with Crippen molar-refractivity contribution in [2.75, 3.05) is 0 Å². The second-order valence-corrected chi connectivity index (χ2v) is 4.98. The molecule has 0 aromatic heterocycles. The van der Waals surface area contributed by atoms with Crippen LogP contribution in [0.5, 0.6) is 5.75 Å². The van der Waals surface area contributed by atoms with E-state index >= 15 is 0 Å². The van der Waals surface area contributed by atoms with Crippen molar-refractivity contribution in [2.24, 2.45) is 5.16 Å². The van der Waals surface area contributed by atoms with Crippen LogP contribution in [0.2, 0.25) is 0 Å². The fraction of sp³-hybridized carbons (Fsp3) is 0.235. The second-order valence-electron chi connectivity index (χ2n) is 4.98. The zero-order valence-electron chi connectivity index (χ0n) is 12.6. The van der Waals surface area contributed by atoms with Crippen molar-refractivity contribution < 1.29 is 22.4 Å². The SMILES string of the molecule is CC/C(=N/Oc1ccc(F)cc1)c1ccc(C)cc1C(F)(F)F. The molecule has 0 aliphatic rings. The summed E-state index contributed by atoms with van der Waals surface area (Å²) in [6, 6.07) is 9.13. The summed E-state index contributed by atoms with van der Waals surface area (Å²) in [5.74, 6) is -0.187. The third-order valence-corrected chi connectivity index (χ3v) is 3.20. The summed E-state index contributed by atoms with van der Waals surface area (Å²) < 4.78 is 52.4. The first-order valence-electron chi connectivity index (χ1n) is 6.99. The predicted molar refractivity (Wildman–Crippen MR) is 80.0 cm³/mol. The first-order valence-corrected chi connectivity index (χ1v) is 6.99. The maximum absolute atomic E-state index is 13.2. The molecule has 2 aromatic carbocycles. The Morgan fingerprint density at radius 3 is 2.30 bits per heavy atom. The molecule has 2 rings (SSSR count). The number of nitrogens with zero attached hydrogens (tertiary/aromatic N) is 1. The molecule has 0 unspecified atom stereocenters. The third-order valence-electron chi connectivity index (χ3n) is 3.20. The fourth-order valence-corrected chi connectivity index (χ4v) is 2.05. The molecule has 0 aliphatic carbocycles. The molecule has 23 heavy (non-hydrogen) atoms. The van der Waals surface area contributed by atoms with Gasteiger partial charge in [-0.2, -0.15) is 13.2 Å². The Bertz CT molecular complexity index is 706. The van der Waals surface area contributed by atoms with E-state index < -0.39 is 17.6 Å². The summed E-state index contributed by atoms with van der Waals surface area (Å²) in [6.45, 7) is 3.28. The van der Waals surface area contributed by atoms with E-state index in [4.69, 9.17) is 4.84 Å². The molecule has 0 spiro atoms. The Hall–Kier alpha value is -2.37. The van der Waals surface area contributed by atoms with Gasteiger partial charge in [0.2, 0.25) is 0 Å². The van der Waals surface area contributed by atoms with Crippen molar-refractivity contribution in [3.8, 4) is 5.75 Å². The molecule has 2 nitrogen and oxygen atoms in total. The van der Waals surface area contributed by atoms with E-state index in [0.29, 0.717) is 5.56 Å². The average Bonchev–Trinajstić information content (AvgIpc) is 2.49. The van der Waals surface area contributed by atoms with Gasteiger partial charge in [0.05, 0.1) is 11.3 Å². The number of halogens is 4. The summed E-state index contributed by atoms with van der Waals surface area (Å²) in [6.07, 6.45) is -4.22. The summed E-state index contributed by atoms with van der Waals surface area (Å²) in [4.78, 5) is 5.12. The van der Waals surface area contributed by atoms with Crippen LogP contribution < -0.4 is 4.84 Å². The van der Waals surface area contributed by atoms with Crippen LogP contribution >= 0.6 is 0 Å². The smallest absolute Gasteiger partial charge is 0.357 e. The van der Waals surface area contributed by atoms with Crippen molar-refractivity contribution in [2.45, 2.75) is 26.4 Å². The van der Waals surface area contributed by atoms with Crippen LogP contribution in [0.4, 0.5) is 17.6 Å². The van der Waals surface area contributed by atoms with Crippen LogP contribution in [-0.2, 0) is 6.18 Å². The lowest BCUT2D eigenvalue weighted by atomic mass is 9.99. The lowest BCUT2D eigenvalue weighted by molar-refractivity contribution is -0.137. The van der Waals surface area contributed by atoms with Crippen molar-refractivity contribution in [3.63, 3.8) is 0 Å². The molecule has 0 amide bonds. The first kappa shape index (κ1) is 17.0. The number of hydrogen-bond donors (Lipinski definition) is 0. The van der Waals surface area contributed by atoms with Gasteiger partial charge < -0.3 is 4.84 Å². The van der Waals surface area contributed by atoms with Gasteiger partial charge in [-0.3, -0.25) is 0 Å². The highest BCUT2D eigenvalue weighted by Gasteiger charge is 2.34. The molecular formula is C17H15F4NO. The Morgan fingerprint density at radius 2 is 1.74 bits per heavy atom. The predicted octanol–water partition coefficient (Wildman–Crippen LogP) is 5.35. The highest BCUT2D eigenvalue weighted by atomic mass is 19.4. The molecule has 122 valence electrons. The quantitative estimate of drug-likeness (QED) is 0.422. The molecule has 0 aliphatic heterocycles. The van der Waals surface area contributed by atoms with Gasteiger partial charge in [-0.25, -0.2) is 4.39 Å². The molecule has 0 atom stereocenters. The lowest BCUT2D eigenvalue weighted by Crippen LogP contribution is -2.14. The normalized spacial score (nSPS) is 12.3. The molecule has 0 bridgehead atoms. The van der Waals surface area contributed by atoms with Gasteiger partial charge in [0.15, 0.2) is 5.75 Å². The van der Waals surface area contributed by atoms with E-state index in [9.17, 15) is 17.6 Å². The largest absolute Gasteiger partial charge is 0.417 e. The van der Waals surface area contributed by atoms with Crippen molar-refractivity contribution in [1.29, 1.82) is 0 Å². The van der Waals surface area contributed by atoms with Crippen LogP contribution in [0.15, 0.2) is 47.6 Å². The van der Waals surface area contributed by atoms with Gasteiger partial charge in [0.25, 0.3) is 0 Å². The Morgan fingerprint density at radius 1 is 1.09 bits per heavy atom. The van der Waals surface area contributed by atoms with Crippen LogP contribution in [0, 0.1) is 12.7 Å². The van der Waals surface area contributed by atoms with Gasteiger partial charge in [-0.05, 0) is 43.7 Å². The van der Waals surface area contributed by atoms with E-state index in [1.165, 1.54) is 30.3 Å². The van der Waals surface area contributed by atoms with E-state index in [1.807, 2.05) is 0 Å². The maximum atomic E-state index is 13.2. The van der Waals surface area contributed by atoms with Gasteiger partial charge in [-0.1, -0.05) is 29.8 Å². The highest BCUT2D eigenvalue weighted by Crippen LogP contribution is 2.33. The molecule has 6 heteroatoms. The van der Waals surface area contributed by atoms with Crippen molar-refractivity contribution >= 4 is 5.71 Å². The molecule has 0 saturated heterocycles. The molecule has 2 aromatic rings. The minimum atomic E-state index is -4.48. The number of hydrogen-bond acceptors (Lipinski definition) is 2. The summed E-state index contributed by atoms with van der Waals surface area (Å²) in [5, 5.41) is 3.81. The van der Waals surface area contributed by atoms with Crippen LogP contribution in [-0.4, -0.2) is 5.71 Å². The van der Waals surface area contributed by atoms with Crippen molar-refractivity contribution in [1.82, 2.24) is 0 Å².